The first-order valence-electron chi connectivity index (χ1n) is 10.5. The molecular weight excluding hydrogens is 551 g/mol. The molecule has 14 heteroatoms. The molecule has 0 radical (unpaired) electrons. The van der Waals surface area contributed by atoms with Crippen molar-refractivity contribution in [2.24, 2.45) is 0 Å². The SMILES string of the molecule is C=CC(=O)OCCO.O=C(O)c1cccc(Cl)c1.O=C(OCCO)C1CO1.O=C(OO)c1cccc(Cl)c1. The van der Waals surface area contributed by atoms with E-state index in [1.165, 1.54) is 24.3 Å². The van der Waals surface area contributed by atoms with Gasteiger partial charge in [0.2, 0.25) is 0 Å². The molecule has 1 aliphatic rings. The molecule has 0 saturated carbocycles. The second-order valence-electron chi connectivity index (χ2n) is 6.51. The highest BCUT2D eigenvalue weighted by molar-refractivity contribution is 6.31. The maximum atomic E-state index is 10.6. The summed E-state index contributed by atoms with van der Waals surface area (Å²) in [4.78, 5) is 45.0. The molecule has 38 heavy (non-hydrogen) atoms. The highest BCUT2D eigenvalue weighted by Crippen LogP contribution is 2.11. The lowest BCUT2D eigenvalue weighted by molar-refractivity contribution is -0.182. The fourth-order valence-electron chi connectivity index (χ4n) is 1.92. The summed E-state index contributed by atoms with van der Waals surface area (Å²) in [5, 5.41) is 33.6. The molecule has 1 unspecified atom stereocenters. The third-order valence-electron chi connectivity index (χ3n) is 3.65. The van der Waals surface area contributed by atoms with Crippen molar-refractivity contribution in [2.45, 2.75) is 6.10 Å². The van der Waals surface area contributed by atoms with E-state index in [0.717, 1.165) is 6.08 Å². The van der Waals surface area contributed by atoms with Crippen molar-refractivity contribution in [2.75, 3.05) is 33.0 Å². The van der Waals surface area contributed by atoms with Crippen molar-refractivity contribution < 1.29 is 58.9 Å². The molecular formula is C24H26Cl2O12. The molecule has 0 spiro atoms. The number of hydrogen-bond acceptors (Lipinski definition) is 11. The minimum absolute atomic E-state index is 0.0465. The van der Waals surface area contributed by atoms with E-state index in [9.17, 15) is 19.2 Å². The van der Waals surface area contributed by atoms with Crippen LogP contribution in [0, 0.1) is 0 Å². The quantitative estimate of drug-likeness (QED) is 0.0898. The molecule has 0 aromatic heterocycles. The van der Waals surface area contributed by atoms with Crippen LogP contribution in [-0.4, -0.2) is 83.6 Å². The summed E-state index contributed by atoms with van der Waals surface area (Å²) in [6.45, 7) is 3.47. The molecule has 1 aliphatic heterocycles. The number of carbonyl (C=O) groups excluding carboxylic acids is 3. The van der Waals surface area contributed by atoms with Gasteiger partial charge in [-0.05, 0) is 36.4 Å². The zero-order valence-corrected chi connectivity index (χ0v) is 21.3. The molecule has 1 saturated heterocycles. The number of rotatable bonds is 8. The van der Waals surface area contributed by atoms with Crippen molar-refractivity contribution in [3.8, 4) is 0 Å². The largest absolute Gasteiger partial charge is 0.478 e. The molecule has 3 rings (SSSR count). The Labute approximate surface area is 227 Å². The third kappa shape index (κ3) is 17.0. The van der Waals surface area contributed by atoms with E-state index in [1.54, 1.807) is 24.3 Å². The molecule has 0 amide bonds. The second kappa shape index (κ2) is 20.5. The normalized spacial score (nSPS) is 12.4. The Bertz CT molecular complexity index is 1040. The fourth-order valence-corrected chi connectivity index (χ4v) is 2.30. The summed E-state index contributed by atoms with van der Waals surface area (Å²) in [6, 6.07) is 12.2. The van der Waals surface area contributed by atoms with Gasteiger partial charge in [0, 0.05) is 16.1 Å². The number of aliphatic hydroxyl groups excluding tert-OH is 2. The Balaban J connectivity index is 0.000000484. The van der Waals surface area contributed by atoms with Crippen LogP contribution in [0.3, 0.4) is 0 Å². The van der Waals surface area contributed by atoms with Crippen molar-refractivity contribution in [3.63, 3.8) is 0 Å². The van der Waals surface area contributed by atoms with Crippen LogP contribution in [-0.2, 0) is 28.7 Å². The molecule has 2 aromatic rings. The van der Waals surface area contributed by atoms with Gasteiger partial charge >= 0.3 is 23.9 Å². The smallest absolute Gasteiger partial charge is 0.372 e. The number of carbonyl (C=O) groups is 4. The maximum absolute atomic E-state index is 10.6. The summed E-state index contributed by atoms with van der Waals surface area (Å²) < 4.78 is 13.4. The predicted octanol–water partition coefficient (Wildman–Crippen LogP) is 2.64. The molecule has 0 aliphatic carbocycles. The van der Waals surface area contributed by atoms with E-state index in [0.29, 0.717) is 16.7 Å². The van der Waals surface area contributed by atoms with Crippen molar-refractivity contribution >= 4 is 47.1 Å². The van der Waals surface area contributed by atoms with E-state index in [2.05, 4.69) is 25.7 Å². The van der Waals surface area contributed by atoms with Crippen molar-refractivity contribution in [3.05, 3.63) is 82.4 Å². The summed E-state index contributed by atoms with van der Waals surface area (Å²) in [5.74, 6) is -2.64. The minimum atomic E-state index is -0.956. The van der Waals surface area contributed by atoms with Crippen LogP contribution in [0.15, 0.2) is 61.2 Å². The van der Waals surface area contributed by atoms with Gasteiger partial charge in [-0.3, -0.25) is 4.89 Å². The lowest BCUT2D eigenvalue weighted by Crippen LogP contribution is -2.13. The number of aromatic carboxylic acids is 1. The molecule has 1 atom stereocenters. The number of hydrogen-bond donors (Lipinski definition) is 4. The Morgan fingerprint density at radius 1 is 0.947 bits per heavy atom. The standard InChI is InChI=1S/C7H5ClO3.C7H5ClO2.C5H8O4.C5H8O3/c8-6-3-1-2-5(4-6)7(9)11-10;8-6-3-1-2-5(4-6)7(9)10;6-1-2-8-5(7)4-3-9-4;1-2-5(7)8-4-3-6/h1-4,10H;1-4H,(H,9,10);4,6H,1-3H2;2,6H,1,3-4H2. The molecule has 2 aromatic carbocycles. The topological polar surface area (TPSA) is 189 Å². The van der Waals surface area contributed by atoms with Crippen LogP contribution in [0.5, 0.6) is 0 Å². The number of aliphatic hydroxyl groups is 2. The molecule has 4 N–H and O–H groups in total. The van der Waals surface area contributed by atoms with E-state index < -0.39 is 17.9 Å². The number of carboxylic acids is 1. The highest BCUT2D eigenvalue weighted by atomic mass is 35.5. The Morgan fingerprint density at radius 3 is 1.84 bits per heavy atom. The van der Waals surface area contributed by atoms with E-state index >= 15 is 0 Å². The number of carboxylic acid groups (broad SMARTS) is 1. The zero-order chi connectivity index (χ0) is 28.9. The van der Waals surface area contributed by atoms with E-state index in [4.69, 9.17) is 43.8 Å². The van der Waals surface area contributed by atoms with E-state index in [1.807, 2.05) is 0 Å². The lowest BCUT2D eigenvalue weighted by Gasteiger charge is -1.96. The van der Waals surface area contributed by atoms with Gasteiger partial charge < -0.3 is 29.5 Å². The van der Waals surface area contributed by atoms with Gasteiger partial charge in [-0.15, -0.1) is 0 Å². The predicted molar refractivity (Wildman–Crippen MR) is 134 cm³/mol. The number of benzene rings is 2. The minimum Gasteiger partial charge on any atom is -0.478 e. The van der Waals surface area contributed by atoms with Gasteiger partial charge in [0.25, 0.3) is 0 Å². The molecule has 0 bridgehead atoms. The molecule has 12 nitrogen and oxygen atoms in total. The average Bonchev–Trinajstić information content (AvgIpc) is 3.77. The Morgan fingerprint density at radius 2 is 1.45 bits per heavy atom. The first kappa shape index (κ1) is 34.5. The second-order valence-corrected chi connectivity index (χ2v) is 7.39. The highest BCUT2D eigenvalue weighted by Gasteiger charge is 2.32. The van der Waals surface area contributed by atoms with Gasteiger partial charge in [-0.1, -0.05) is 41.9 Å². The van der Waals surface area contributed by atoms with Crippen LogP contribution >= 0.6 is 23.2 Å². The van der Waals surface area contributed by atoms with Gasteiger partial charge in [0.05, 0.1) is 30.9 Å². The van der Waals surface area contributed by atoms with Crippen molar-refractivity contribution in [1.29, 1.82) is 0 Å². The summed E-state index contributed by atoms with van der Waals surface area (Å²) in [5.41, 5.74) is 0.438. The third-order valence-corrected chi connectivity index (χ3v) is 4.12. The van der Waals surface area contributed by atoms with Gasteiger partial charge in [-0.25, -0.2) is 19.2 Å². The zero-order valence-electron chi connectivity index (χ0n) is 19.8. The number of epoxide rings is 1. The summed E-state index contributed by atoms with van der Waals surface area (Å²) in [6.07, 6.45) is 0.701. The number of halogens is 2. The Kier molecular flexibility index (Phi) is 18.6. The number of esters is 2. The first-order valence-corrected chi connectivity index (χ1v) is 11.2. The maximum Gasteiger partial charge on any atom is 0.372 e. The van der Waals surface area contributed by atoms with Crippen LogP contribution in [0.25, 0.3) is 0 Å². The summed E-state index contributed by atoms with van der Waals surface area (Å²) >= 11 is 11.1. The first-order chi connectivity index (χ1) is 18.1. The average molecular weight is 577 g/mol. The Hall–Kier alpha value is -3.52. The monoisotopic (exact) mass is 576 g/mol. The molecule has 1 heterocycles. The van der Waals surface area contributed by atoms with Crippen molar-refractivity contribution in [1.82, 2.24) is 0 Å². The van der Waals surface area contributed by atoms with Crippen LogP contribution < -0.4 is 0 Å². The summed E-state index contributed by atoms with van der Waals surface area (Å²) in [7, 11) is 0. The van der Waals surface area contributed by atoms with E-state index in [-0.39, 0.29) is 49.6 Å². The van der Waals surface area contributed by atoms with Crippen LogP contribution in [0.4, 0.5) is 0 Å². The van der Waals surface area contributed by atoms with Crippen LogP contribution in [0.2, 0.25) is 10.0 Å². The fraction of sp³-hybridized carbons (Fsp3) is 0.250. The lowest BCUT2D eigenvalue weighted by atomic mass is 10.2. The number of ether oxygens (including phenoxy) is 3. The van der Waals surface area contributed by atoms with Gasteiger partial charge in [0.15, 0.2) is 6.10 Å². The van der Waals surface area contributed by atoms with Crippen LogP contribution in [0.1, 0.15) is 20.7 Å². The van der Waals surface area contributed by atoms with Gasteiger partial charge in [-0.2, -0.15) is 5.26 Å². The van der Waals surface area contributed by atoms with Gasteiger partial charge in [0.1, 0.15) is 13.2 Å². The molecule has 1 fully saturated rings. The molecule has 208 valence electrons.